The summed E-state index contributed by atoms with van der Waals surface area (Å²) in [6.07, 6.45) is 0.876. The highest BCUT2D eigenvalue weighted by molar-refractivity contribution is 6.30. The fraction of sp³-hybridized carbons (Fsp3) is 0.417. The van der Waals surface area contributed by atoms with E-state index in [9.17, 15) is 9.18 Å². The third-order valence-electron chi connectivity index (χ3n) is 2.39. The van der Waals surface area contributed by atoms with Crippen molar-refractivity contribution >= 4 is 23.2 Å². The van der Waals surface area contributed by atoms with Gasteiger partial charge in [-0.25, -0.2) is 4.39 Å². The summed E-state index contributed by atoms with van der Waals surface area (Å²) in [4.78, 5) is 11.4. The lowest BCUT2D eigenvalue weighted by atomic mass is 10.2. The highest BCUT2D eigenvalue weighted by Crippen LogP contribution is 2.18. The van der Waals surface area contributed by atoms with Gasteiger partial charge >= 0.3 is 0 Å². The molecular weight excluding hydrogens is 243 g/mol. The maximum atomic E-state index is 13.1. The van der Waals surface area contributed by atoms with E-state index >= 15 is 0 Å². The molecule has 94 valence electrons. The Bertz CT molecular complexity index is 398. The lowest BCUT2D eigenvalue weighted by Crippen LogP contribution is -2.36. The smallest absolute Gasteiger partial charge is 0.239 e. The van der Waals surface area contributed by atoms with Gasteiger partial charge in [0, 0.05) is 11.7 Å². The number of amides is 1. The van der Waals surface area contributed by atoms with Gasteiger partial charge in [-0.05, 0) is 31.5 Å². The second kappa shape index (κ2) is 6.45. The van der Waals surface area contributed by atoms with Crippen LogP contribution in [0.25, 0.3) is 0 Å². The summed E-state index contributed by atoms with van der Waals surface area (Å²) in [6.45, 7) is 4.04. The van der Waals surface area contributed by atoms with E-state index < -0.39 is 5.82 Å². The summed E-state index contributed by atoms with van der Waals surface area (Å²) in [6, 6.07) is 4.48. The second-order valence-corrected chi connectivity index (χ2v) is 4.27. The third kappa shape index (κ3) is 4.61. The minimum atomic E-state index is -0.501. The SMILES string of the molecule is CCC(C)NC(=O)CNc1ccc(Cl)c(F)c1. The van der Waals surface area contributed by atoms with Crippen molar-refractivity contribution in [2.45, 2.75) is 26.3 Å². The van der Waals surface area contributed by atoms with Gasteiger partial charge in [0.2, 0.25) is 5.91 Å². The molecule has 3 nitrogen and oxygen atoms in total. The van der Waals surface area contributed by atoms with Crippen LogP contribution >= 0.6 is 11.6 Å². The lowest BCUT2D eigenvalue weighted by Gasteiger charge is -2.12. The molecule has 0 aliphatic carbocycles. The zero-order valence-corrected chi connectivity index (χ0v) is 10.6. The van der Waals surface area contributed by atoms with Gasteiger partial charge in [0.05, 0.1) is 11.6 Å². The van der Waals surface area contributed by atoms with Gasteiger partial charge in [-0.1, -0.05) is 18.5 Å². The Morgan fingerprint density at radius 3 is 2.82 bits per heavy atom. The molecule has 1 rings (SSSR count). The van der Waals surface area contributed by atoms with Gasteiger partial charge in [-0.15, -0.1) is 0 Å². The highest BCUT2D eigenvalue weighted by atomic mass is 35.5. The Labute approximate surface area is 105 Å². The third-order valence-corrected chi connectivity index (χ3v) is 2.70. The van der Waals surface area contributed by atoms with E-state index in [2.05, 4.69) is 10.6 Å². The number of anilines is 1. The van der Waals surface area contributed by atoms with Crippen LogP contribution in [0.2, 0.25) is 5.02 Å². The molecule has 0 fully saturated rings. The first kappa shape index (κ1) is 13.8. The van der Waals surface area contributed by atoms with Gasteiger partial charge in [0.15, 0.2) is 0 Å². The monoisotopic (exact) mass is 258 g/mol. The van der Waals surface area contributed by atoms with Crippen LogP contribution in [0, 0.1) is 5.82 Å². The fourth-order valence-electron chi connectivity index (χ4n) is 1.22. The highest BCUT2D eigenvalue weighted by Gasteiger charge is 2.06. The number of hydrogen-bond acceptors (Lipinski definition) is 2. The number of rotatable bonds is 5. The normalized spacial score (nSPS) is 12.0. The largest absolute Gasteiger partial charge is 0.376 e. The van der Waals surface area contributed by atoms with Crippen molar-refractivity contribution in [3.8, 4) is 0 Å². The van der Waals surface area contributed by atoms with Crippen molar-refractivity contribution in [3.63, 3.8) is 0 Å². The standard InChI is InChI=1S/C12H16ClFN2O/c1-3-8(2)16-12(17)7-15-9-4-5-10(13)11(14)6-9/h4-6,8,15H,3,7H2,1-2H3,(H,16,17). The number of halogens is 2. The molecule has 0 bridgehead atoms. The molecule has 0 saturated carbocycles. The van der Waals surface area contributed by atoms with Gasteiger partial charge in [-0.2, -0.15) is 0 Å². The average Bonchev–Trinajstić information content (AvgIpc) is 2.30. The van der Waals surface area contributed by atoms with Gasteiger partial charge < -0.3 is 10.6 Å². The first-order chi connectivity index (χ1) is 8.02. The first-order valence-electron chi connectivity index (χ1n) is 5.51. The van der Waals surface area contributed by atoms with Crippen LogP contribution in [0.1, 0.15) is 20.3 Å². The molecular formula is C12H16ClFN2O. The summed E-state index contributed by atoms with van der Waals surface area (Å²) in [5.41, 5.74) is 0.534. The molecule has 0 heterocycles. The molecule has 1 amide bonds. The fourth-order valence-corrected chi connectivity index (χ4v) is 1.33. The molecule has 0 aliphatic heterocycles. The average molecular weight is 259 g/mol. The Morgan fingerprint density at radius 2 is 2.24 bits per heavy atom. The molecule has 1 aromatic carbocycles. The van der Waals surface area contributed by atoms with Gasteiger partial charge in [-0.3, -0.25) is 4.79 Å². The predicted octanol–water partition coefficient (Wildman–Crippen LogP) is 2.81. The lowest BCUT2D eigenvalue weighted by molar-refractivity contribution is -0.120. The predicted molar refractivity (Wildman–Crippen MR) is 67.8 cm³/mol. The molecule has 0 aliphatic rings. The molecule has 5 heteroatoms. The topological polar surface area (TPSA) is 41.1 Å². The summed E-state index contributed by atoms with van der Waals surface area (Å²) in [5, 5.41) is 5.70. The molecule has 0 aromatic heterocycles. The van der Waals surface area contributed by atoms with E-state index in [0.29, 0.717) is 5.69 Å². The maximum absolute atomic E-state index is 13.1. The molecule has 0 radical (unpaired) electrons. The van der Waals surface area contributed by atoms with Crippen LogP contribution < -0.4 is 10.6 Å². The molecule has 2 N–H and O–H groups in total. The number of carbonyl (C=O) groups excluding carboxylic acids is 1. The Hall–Kier alpha value is -1.29. The Kier molecular flexibility index (Phi) is 5.22. The minimum absolute atomic E-state index is 0.0691. The number of hydrogen-bond donors (Lipinski definition) is 2. The van der Waals surface area contributed by atoms with Crippen LogP contribution in [0.5, 0.6) is 0 Å². The van der Waals surface area contributed by atoms with Crippen molar-refractivity contribution in [2.75, 3.05) is 11.9 Å². The van der Waals surface area contributed by atoms with Crippen molar-refractivity contribution < 1.29 is 9.18 Å². The number of benzene rings is 1. The second-order valence-electron chi connectivity index (χ2n) is 3.86. The Balaban J connectivity index is 2.45. The van der Waals surface area contributed by atoms with Crippen molar-refractivity contribution in [1.29, 1.82) is 0 Å². The van der Waals surface area contributed by atoms with E-state index in [1.165, 1.54) is 12.1 Å². The summed E-state index contributed by atoms with van der Waals surface area (Å²) in [5.74, 6) is -0.617. The molecule has 0 saturated heterocycles. The van der Waals surface area contributed by atoms with Crippen LogP contribution in [-0.2, 0) is 4.79 Å². The number of carbonyl (C=O) groups is 1. The van der Waals surface area contributed by atoms with Gasteiger partial charge in [0.25, 0.3) is 0 Å². The van der Waals surface area contributed by atoms with Crippen LogP contribution in [0.3, 0.4) is 0 Å². The quantitative estimate of drug-likeness (QED) is 0.853. The van der Waals surface area contributed by atoms with Crippen molar-refractivity contribution in [2.24, 2.45) is 0 Å². The molecule has 17 heavy (non-hydrogen) atoms. The van der Waals surface area contributed by atoms with E-state index in [0.717, 1.165) is 6.42 Å². The molecule has 1 aromatic rings. The molecule has 0 spiro atoms. The minimum Gasteiger partial charge on any atom is -0.376 e. The van der Waals surface area contributed by atoms with Crippen LogP contribution in [0.15, 0.2) is 18.2 Å². The maximum Gasteiger partial charge on any atom is 0.239 e. The molecule has 1 atom stereocenters. The van der Waals surface area contributed by atoms with E-state index in [-0.39, 0.29) is 23.5 Å². The van der Waals surface area contributed by atoms with E-state index in [1.54, 1.807) is 6.07 Å². The van der Waals surface area contributed by atoms with Gasteiger partial charge in [0.1, 0.15) is 5.82 Å². The summed E-state index contributed by atoms with van der Waals surface area (Å²) in [7, 11) is 0. The van der Waals surface area contributed by atoms with Crippen molar-refractivity contribution in [1.82, 2.24) is 5.32 Å². The first-order valence-corrected chi connectivity index (χ1v) is 5.89. The zero-order chi connectivity index (χ0) is 12.8. The van der Waals surface area contributed by atoms with Crippen molar-refractivity contribution in [3.05, 3.63) is 29.0 Å². The van der Waals surface area contributed by atoms with E-state index in [1.807, 2.05) is 13.8 Å². The summed E-state index contributed by atoms with van der Waals surface area (Å²) < 4.78 is 13.1. The molecule has 1 unspecified atom stereocenters. The van der Waals surface area contributed by atoms with Crippen LogP contribution in [0.4, 0.5) is 10.1 Å². The van der Waals surface area contributed by atoms with Crippen LogP contribution in [-0.4, -0.2) is 18.5 Å². The summed E-state index contributed by atoms with van der Waals surface area (Å²) >= 11 is 5.55. The number of nitrogens with one attached hydrogen (secondary N) is 2. The van der Waals surface area contributed by atoms with E-state index in [4.69, 9.17) is 11.6 Å². The zero-order valence-electron chi connectivity index (χ0n) is 9.89. The Morgan fingerprint density at radius 1 is 1.53 bits per heavy atom.